The molecular weight excluding hydrogens is 324 g/mol. The highest BCUT2D eigenvalue weighted by molar-refractivity contribution is 7.11. The van der Waals surface area contributed by atoms with Gasteiger partial charge in [0, 0.05) is 23.4 Å². The molecule has 1 heterocycles. The van der Waals surface area contributed by atoms with Crippen LogP contribution in [0.1, 0.15) is 55.6 Å². The Bertz CT molecular complexity index is 714. The molecule has 126 valence electrons. The number of carboxylic acid groups (broad SMARTS) is 1. The van der Waals surface area contributed by atoms with Crippen molar-refractivity contribution in [1.29, 1.82) is 0 Å². The Hall–Kier alpha value is -2.21. The van der Waals surface area contributed by atoms with Gasteiger partial charge in [-0.3, -0.25) is 4.79 Å². The molecule has 1 aromatic carbocycles. The van der Waals surface area contributed by atoms with Gasteiger partial charge in [-0.25, -0.2) is 9.78 Å². The summed E-state index contributed by atoms with van der Waals surface area (Å²) in [4.78, 5) is 29.0. The van der Waals surface area contributed by atoms with Gasteiger partial charge in [-0.2, -0.15) is 0 Å². The third kappa shape index (κ3) is 4.00. The lowest BCUT2D eigenvalue weighted by atomic mass is 10.0. The number of nitrogens with zero attached hydrogens (tertiary/aromatic N) is 1. The van der Waals surface area contributed by atoms with Crippen LogP contribution in [0.2, 0.25) is 0 Å². The predicted octanol–water partition coefficient (Wildman–Crippen LogP) is 3.08. The second-order valence-electron chi connectivity index (χ2n) is 5.93. The molecule has 0 saturated heterocycles. The summed E-state index contributed by atoms with van der Waals surface area (Å²) in [6.45, 7) is 0.587. The van der Waals surface area contributed by atoms with Crippen molar-refractivity contribution in [3.8, 4) is 0 Å². The summed E-state index contributed by atoms with van der Waals surface area (Å²) >= 11 is 1.82. The number of carbonyl (C=O) groups is 2. The zero-order chi connectivity index (χ0) is 16.9. The minimum Gasteiger partial charge on any atom is -0.478 e. The number of nitrogens with one attached hydrogen (secondary N) is 1. The normalized spacial score (nSPS) is 13.3. The molecule has 0 bridgehead atoms. The highest BCUT2D eigenvalue weighted by atomic mass is 32.1. The summed E-state index contributed by atoms with van der Waals surface area (Å²) in [5, 5.41) is 12.9. The summed E-state index contributed by atoms with van der Waals surface area (Å²) in [5.41, 5.74) is 1.94. The Morgan fingerprint density at radius 3 is 2.54 bits per heavy atom. The second-order valence-corrected chi connectivity index (χ2v) is 7.09. The molecule has 3 rings (SSSR count). The van der Waals surface area contributed by atoms with Gasteiger partial charge in [-0.1, -0.05) is 0 Å². The smallest absolute Gasteiger partial charge is 0.335 e. The van der Waals surface area contributed by atoms with Crippen molar-refractivity contribution in [2.75, 3.05) is 6.54 Å². The number of carboxylic acids is 1. The number of rotatable bonds is 6. The van der Waals surface area contributed by atoms with Crippen LogP contribution in [0.4, 0.5) is 0 Å². The highest BCUT2D eigenvalue weighted by Crippen LogP contribution is 2.27. The molecule has 1 aliphatic rings. The molecule has 2 aromatic rings. The molecule has 0 saturated carbocycles. The van der Waals surface area contributed by atoms with E-state index < -0.39 is 5.97 Å². The number of aromatic carboxylic acids is 1. The molecular formula is C18H20N2O3S. The molecule has 0 fully saturated rings. The zero-order valence-corrected chi connectivity index (χ0v) is 14.2. The third-order valence-electron chi connectivity index (χ3n) is 4.14. The van der Waals surface area contributed by atoms with E-state index in [1.165, 1.54) is 52.7 Å². The van der Waals surface area contributed by atoms with Crippen LogP contribution in [0.5, 0.6) is 0 Å². The lowest BCUT2D eigenvalue weighted by molar-refractivity contribution is 0.0696. The van der Waals surface area contributed by atoms with Crippen LogP contribution >= 0.6 is 11.3 Å². The van der Waals surface area contributed by atoms with E-state index in [9.17, 15) is 9.59 Å². The van der Waals surface area contributed by atoms with E-state index in [0.29, 0.717) is 12.1 Å². The van der Waals surface area contributed by atoms with Crippen molar-refractivity contribution in [3.05, 3.63) is 51.0 Å². The predicted molar refractivity (Wildman–Crippen MR) is 92.8 cm³/mol. The van der Waals surface area contributed by atoms with Gasteiger partial charge in [0.15, 0.2) is 0 Å². The van der Waals surface area contributed by atoms with Gasteiger partial charge in [-0.05, 0) is 56.4 Å². The number of amides is 1. The van der Waals surface area contributed by atoms with Crippen molar-refractivity contribution >= 4 is 23.2 Å². The maximum atomic E-state index is 12.0. The quantitative estimate of drug-likeness (QED) is 0.789. The molecule has 6 heteroatoms. The molecule has 24 heavy (non-hydrogen) atoms. The van der Waals surface area contributed by atoms with Crippen molar-refractivity contribution < 1.29 is 14.7 Å². The Morgan fingerprint density at radius 2 is 1.83 bits per heavy atom. The fraction of sp³-hybridized carbons (Fsp3) is 0.389. The van der Waals surface area contributed by atoms with Crippen LogP contribution in [0.15, 0.2) is 24.3 Å². The Morgan fingerprint density at radius 1 is 1.12 bits per heavy atom. The molecule has 0 atom stereocenters. The van der Waals surface area contributed by atoms with Crippen LogP contribution in [0, 0.1) is 0 Å². The lowest BCUT2D eigenvalue weighted by Crippen LogP contribution is -2.24. The molecule has 1 aromatic heterocycles. The van der Waals surface area contributed by atoms with Crippen LogP contribution in [-0.4, -0.2) is 28.5 Å². The van der Waals surface area contributed by atoms with Crippen LogP contribution < -0.4 is 5.32 Å². The minimum atomic E-state index is -0.992. The van der Waals surface area contributed by atoms with E-state index in [1.54, 1.807) is 0 Å². The first-order valence-electron chi connectivity index (χ1n) is 8.22. The number of hydrogen-bond donors (Lipinski definition) is 2. The third-order valence-corrected chi connectivity index (χ3v) is 5.35. The maximum Gasteiger partial charge on any atom is 0.335 e. The standard InChI is InChI=1S/C18H20N2O3S/c21-17(12-7-9-13(10-8-12)18(22)23)19-11-3-6-16-20-14-4-1-2-5-15(14)24-16/h7-10H,1-6,11H2,(H,19,21)(H,22,23). The van der Waals surface area contributed by atoms with Gasteiger partial charge < -0.3 is 10.4 Å². The second kappa shape index (κ2) is 7.57. The van der Waals surface area contributed by atoms with Gasteiger partial charge in [0.2, 0.25) is 0 Å². The van der Waals surface area contributed by atoms with E-state index in [1.807, 2.05) is 11.3 Å². The number of aryl methyl sites for hydroxylation is 3. The minimum absolute atomic E-state index is 0.176. The number of fused-ring (bicyclic) bond motifs is 1. The average Bonchev–Trinajstić information content (AvgIpc) is 3.01. The largest absolute Gasteiger partial charge is 0.478 e. The first-order valence-corrected chi connectivity index (χ1v) is 9.04. The number of carbonyl (C=O) groups excluding carboxylic acids is 1. The van der Waals surface area contributed by atoms with E-state index in [0.717, 1.165) is 25.7 Å². The van der Waals surface area contributed by atoms with Gasteiger partial charge in [0.1, 0.15) is 0 Å². The molecule has 1 amide bonds. The van der Waals surface area contributed by atoms with Crippen molar-refractivity contribution in [1.82, 2.24) is 10.3 Å². The topological polar surface area (TPSA) is 79.3 Å². The van der Waals surface area contributed by atoms with Gasteiger partial charge >= 0.3 is 5.97 Å². The molecule has 5 nitrogen and oxygen atoms in total. The van der Waals surface area contributed by atoms with Crippen LogP contribution in [0.3, 0.4) is 0 Å². The molecule has 0 spiro atoms. The van der Waals surface area contributed by atoms with E-state index >= 15 is 0 Å². The van der Waals surface area contributed by atoms with Crippen LogP contribution in [0.25, 0.3) is 0 Å². The summed E-state index contributed by atoms with van der Waals surface area (Å²) in [5.74, 6) is -1.17. The monoisotopic (exact) mass is 344 g/mol. The summed E-state index contributed by atoms with van der Waals surface area (Å²) < 4.78 is 0. The molecule has 0 aliphatic heterocycles. The SMILES string of the molecule is O=C(O)c1ccc(C(=O)NCCCc2nc3c(s2)CCCC3)cc1. The molecule has 0 unspecified atom stereocenters. The number of hydrogen-bond acceptors (Lipinski definition) is 4. The molecule has 1 aliphatic carbocycles. The fourth-order valence-electron chi connectivity index (χ4n) is 2.82. The van der Waals surface area contributed by atoms with Gasteiger partial charge in [-0.15, -0.1) is 11.3 Å². The lowest BCUT2D eigenvalue weighted by Gasteiger charge is -2.06. The zero-order valence-electron chi connectivity index (χ0n) is 13.4. The fourth-order valence-corrected chi connectivity index (χ4v) is 4.02. The Balaban J connectivity index is 1.45. The number of benzene rings is 1. The van der Waals surface area contributed by atoms with Crippen molar-refractivity contribution in [2.24, 2.45) is 0 Å². The number of aromatic nitrogens is 1. The van der Waals surface area contributed by atoms with E-state index in [2.05, 4.69) is 5.32 Å². The Labute approximate surface area is 144 Å². The van der Waals surface area contributed by atoms with Gasteiger partial charge in [0.05, 0.1) is 16.3 Å². The molecule has 0 radical (unpaired) electrons. The first kappa shape index (κ1) is 16.6. The summed E-state index contributed by atoms with van der Waals surface area (Å²) in [6.07, 6.45) is 6.52. The first-order chi connectivity index (χ1) is 11.6. The van der Waals surface area contributed by atoms with E-state index in [4.69, 9.17) is 10.1 Å². The highest BCUT2D eigenvalue weighted by Gasteiger charge is 2.14. The maximum absolute atomic E-state index is 12.0. The van der Waals surface area contributed by atoms with Crippen molar-refractivity contribution in [2.45, 2.75) is 38.5 Å². The van der Waals surface area contributed by atoms with Gasteiger partial charge in [0.25, 0.3) is 5.91 Å². The summed E-state index contributed by atoms with van der Waals surface area (Å²) in [7, 11) is 0. The number of thiazole rings is 1. The van der Waals surface area contributed by atoms with Crippen molar-refractivity contribution in [3.63, 3.8) is 0 Å². The summed E-state index contributed by atoms with van der Waals surface area (Å²) in [6, 6.07) is 5.95. The van der Waals surface area contributed by atoms with E-state index in [-0.39, 0.29) is 11.5 Å². The Kier molecular flexibility index (Phi) is 5.25. The average molecular weight is 344 g/mol. The van der Waals surface area contributed by atoms with Crippen LogP contribution in [-0.2, 0) is 19.3 Å². The molecule has 2 N–H and O–H groups in total.